The number of halogens is 1. The van der Waals surface area contributed by atoms with Crippen LogP contribution in [0.2, 0.25) is 0 Å². The Morgan fingerprint density at radius 1 is 1.28 bits per heavy atom. The molecule has 156 valence electrons. The largest absolute Gasteiger partial charge is 0.492 e. The Balaban J connectivity index is 1.92. The predicted molar refractivity (Wildman–Crippen MR) is 108 cm³/mol. The van der Waals surface area contributed by atoms with E-state index in [1.54, 1.807) is 13.2 Å². The molecule has 0 bridgehead atoms. The molecule has 0 radical (unpaired) electrons. The number of aromatic nitrogens is 1. The van der Waals surface area contributed by atoms with Crippen molar-refractivity contribution in [2.75, 3.05) is 25.1 Å². The Hall–Kier alpha value is -2.61. The molecule has 2 fully saturated rings. The van der Waals surface area contributed by atoms with Crippen LogP contribution in [-0.2, 0) is 4.94 Å². The molecule has 1 aliphatic heterocycles. The summed E-state index contributed by atoms with van der Waals surface area (Å²) in [5.74, 6) is -0.695. The normalized spacial score (nSPS) is 21.3. The summed E-state index contributed by atoms with van der Waals surface area (Å²) < 4.78 is 20.2. The van der Waals surface area contributed by atoms with Crippen LogP contribution in [0.3, 0.4) is 0 Å². The third-order valence-electron chi connectivity index (χ3n) is 6.21. The van der Waals surface area contributed by atoms with Crippen LogP contribution in [0.25, 0.3) is 10.9 Å². The van der Waals surface area contributed by atoms with E-state index in [0.29, 0.717) is 16.7 Å². The van der Waals surface area contributed by atoms with Gasteiger partial charge in [0.2, 0.25) is 5.43 Å². The molecule has 0 amide bonds. The van der Waals surface area contributed by atoms with Crippen LogP contribution in [0, 0.1) is 5.41 Å². The highest BCUT2D eigenvalue weighted by Crippen LogP contribution is 2.43. The first-order valence-corrected chi connectivity index (χ1v) is 9.87. The Kier molecular flexibility index (Phi) is 4.77. The molecule has 7 nitrogen and oxygen atoms in total. The molecule has 0 unspecified atom stereocenters. The highest BCUT2D eigenvalue weighted by Gasteiger charge is 2.36. The van der Waals surface area contributed by atoms with Gasteiger partial charge in [-0.2, -0.15) is 0 Å². The standard InChI is InChI=1S/C21H26FN3O4/c1-21(2)11-24(9-8-16(21)23)15-7-6-13-17(19(15)28-3)25(12-4-5-12)10-14(18(13)26)20(27)29-22/h6-7,10,12,16H,4-5,8-9,11,23H2,1-3H3/t16-/m1/s1. The molecule has 1 saturated carbocycles. The van der Waals surface area contributed by atoms with Crippen LogP contribution in [0.5, 0.6) is 5.75 Å². The van der Waals surface area contributed by atoms with E-state index in [1.807, 2.05) is 10.6 Å². The molecule has 2 heterocycles. The Morgan fingerprint density at radius 2 is 2.00 bits per heavy atom. The van der Waals surface area contributed by atoms with E-state index in [0.717, 1.165) is 38.0 Å². The number of methoxy groups -OCH3 is 1. The van der Waals surface area contributed by atoms with E-state index < -0.39 is 11.4 Å². The zero-order chi connectivity index (χ0) is 20.9. The summed E-state index contributed by atoms with van der Waals surface area (Å²) in [6.45, 7) is 5.83. The van der Waals surface area contributed by atoms with Gasteiger partial charge < -0.3 is 19.9 Å². The number of benzene rings is 1. The van der Waals surface area contributed by atoms with Gasteiger partial charge in [0.15, 0.2) is 5.75 Å². The molecular formula is C21H26FN3O4. The van der Waals surface area contributed by atoms with Crippen LogP contribution in [0.1, 0.15) is 49.5 Å². The number of nitrogens with zero attached hydrogens (tertiary/aromatic N) is 2. The molecular weight excluding hydrogens is 377 g/mol. The van der Waals surface area contributed by atoms with Crippen LogP contribution < -0.4 is 20.8 Å². The minimum absolute atomic E-state index is 0.0663. The average molecular weight is 403 g/mol. The van der Waals surface area contributed by atoms with Crippen LogP contribution >= 0.6 is 0 Å². The Bertz CT molecular complexity index is 1030. The van der Waals surface area contributed by atoms with Gasteiger partial charge in [-0.25, -0.2) is 9.74 Å². The maximum absolute atomic E-state index is 12.9. The lowest BCUT2D eigenvalue weighted by atomic mass is 9.79. The summed E-state index contributed by atoms with van der Waals surface area (Å²) in [4.78, 5) is 30.2. The highest BCUT2D eigenvalue weighted by atomic mass is 19.3. The summed E-state index contributed by atoms with van der Waals surface area (Å²) in [7, 11) is 1.57. The van der Waals surface area contributed by atoms with Crippen LogP contribution in [0.4, 0.5) is 10.2 Å². The van der Waals surface area contributed by atoms with Gasteiger partial charge >= 0.3 is 5.97 Å². The van der Waals surface area contributed by atoms with Crippen molar-refractivity contribution in [2.24, 2.45) is 11.1 Å². The Labute approximate surface area is 168 Å². The van der Waals surface area contributed by atoms with Crippen molar-refractivity contribution in [1.29, 1.82) is 0 Å². The van der Waals surface area contributed by atoms with Crippen molar-refractivity contribution < 1.29 is 19.0 Å². The number of hydrogen-bond acceptors (Lipinski definition) is 6. The zero-order valence-electron chi connectivity index (χ0n) is 16.9. The Morgan fingerprint density at radius 3 is 2.59 bits per heavy atom. The lowest BCUT2D eigenvalue weighted by Crippen LogP contribution is -2.52. The van der Waals surface area contributed by atoms with E-state index in [1.165, 1.54) is 6.20 Å². The minimum Gasteiger partial charge on any atom is -0.492 e. The van der Waals surface area contributed by atoms with Crippen LogP contribution in [-0.4, -0.2) is 36.8 Å². The van der Waals surface area contributed by atoms with Crippen molar-refractivity contribution in [3.05, 3.63) is 34.1 Å². The number of rotatable bonds is 4. The lowest BCUT2D eigenvalue weighted by Gasteiger charge is -2.44. The maximum atomic E-state index is 12.9. The van der Waals surface area contributed by atoms with Crippen molar-refractivity contribution >= 4 is 22.6 Å². The van der Waals surface area contributed by atoms with E-state index in [2.05, 4.69) is 23.7 Å². The number of hydrogen-bond donors (Lipinski definition) is 1. The average Bonchev–Trinajstić information content (AvgIpc) is 3.54. The molecule has 4 rings (SSSR count). The number of anilines is 1. The van der Waals surface area contributed by atoms with Gasteiger partial charge in [0.1, 0.15) is 5.56 Å². The molecule has 2 aliphatic rings. The first kappa shape index (κ1) is 19.7. The lowest BCUT2D eigenvalue weighted by molar-refractivity contribution is -0.0789. The fourth-order valence-electron chi connectivity index (χ4n) is 4.26. The number of pyridine rings is 1. The fraction of sp³-hybridized carbons (Fsp3) is 0.524. The molecule has 2 aromatic rings. The molecule has 0 spiro atoms. The smallest absolute Gasteiger partial charge is 0.384 e. The number of ether oxygens (including phenoxy) is 1. The van der Waals surface area contributed by atoms with Gasteiger partial charge in [0, 0.05) is 35.9 Å². The van der Waals surface area contributed by atoms with E-state index >= 15 is 0 Å². The SMILES string of the molecule is COc1c(N2CC[C@@H](N)C(C)(C)C2)ccc2c(=O)c(C(=O)OF)cn(C3CC3)c12. The second-order valence-corrected chi connectivity index (χ2v) is 8.69. The quantitative estimate of drug-likeness (QED) is 0.845. The number of carbonyl (C=O) groups excluding carboxylic acids is 1. The van der Waals surface area contributed by atoms with Crippen molar-refractivity contribution in [2.45, 2.75) is 45.2 Å². The zero-order valence-corrected chi connectivity index (χ0v) is 16.9. The van der Waals surface area contributed by atoms with E-state index in [4.69, 9.17) is 10.5 Å². The second-order valence-electron chi connectivity index (χ2n) is 8.69. The summed E-state index contributed by atoms with van der Waals surface area (Å²) in [5.41, 5.74) is 6.85. The van der Waals surface area contributed by atoms with Gasteiger partial charge in [0.25, 0.3) is 0 Å². The summed E-state index contributed by atoms with van der Waals surface area (Å²) >= 11 is 0. The molecule has 2 N–H and O–H groups in total. The third kappa shape index (κ3) is 3.25. The topological polar surface area (TPSA) is 86.8 Å². The first-order chi connectivity index (χ1) is 13.8. The summed E-state index contributed by atoms with van der Waals surface area (Å²) in [5, 5.41) is 0.313. The number of nitrogens with two attached hydrogens (primary N) is 1. The molecule has 1 aliphatic carbocycles. The van der Waals surface area contributed by atoms with Crippen molar-refractivity contribution in [3.63, 3.8) is 0 Å². The fourth-order valence-corrected chi connectivity index (χ4v) is 4.26. The van der Waals surface area contributed by atoms with E-state index in [-0.39, 0.29) is 23.1 Å². The van der Waals surface area contributed by atoms with Gasteiger partial charge in [-0.1, -0.05) is 13.8 Å². The van der Waals surface area contributed by atoms with Gasteiger partial charge in [-0.15, -0.1) is 0 Å². The van der Waals surface area contributed by atoms with Crippen LogP contribution in [0.15, 0.2) is 23.1 Å². The van der Waals surface area contributed by atoms with Gasteiger partial charge in [-0.05, 0) is 36.8 Å². The van der Waals surface area contributed by atoms with Gasteiger partial charge in [0.05, 0.1) is 23.7 Å². The minimum atomic E-state index is -1.28. The third-order valence-corrected chi connectivity index (χ3v) is 6.21. The molecule has 1 atom stereocenters. The number of fused-ring (bicyclic) bond motifs is 1. The predicted octanol–water partition coefficient (Wildman–Crippen LogP) is 2.95. The summed E-state index contributed by atoms with van der Waals surface area (Å²) in [6.07, 6.45) is 4.08. The molecule has 1 saturated heterocycles. The first-order valence-electron chi connectivity index (χ1n) is 9.87. The van der Waals surface area contributed by atoms with Crippen molar-refractivity contribution in [1.82, 2.24) is 4.57 Å². The number of piperidine rings is 1. The highest BCUT2D eigenvalue weighted by molar-refractivity contribution is 5.97. The monoisotopic (exact) mass is 403 g/mol. The molecule has 8 heteroatoms. The second kappa shape index (κ2) is 7.02. The number of carbonyl (C=O) groups is 1. The van der Waals surface area contributed by atoms with Crippen molar-refractivity contribution in [3.8, 4) is 5.75 Å². The van der Waals surface area contributed by atoms with Gasteiger partial charge in [-0.3, -0.25) is 4.79 Å². The summed E-state index contributed by atoms with van der Waals surface area (Å²) in [6, 6.07) is 3.77. The molecule has 1 aromatic heterocycles. The van der Waals surface area contributed by atoms with E-state index in [9.17, 15) is 14.1 Å². The maximum Gasteiger partial charge on any atom is 0.384 e. The molecule has 1 aromatic carbocycles. The molecule has 29 heavy (non-hydrogen) atoms.